The number of hydrogen-bond donors (Lipinski definition) is 0. The van der Waals surface area contributed by atoms with Crippen LogP contribution in [0.3, 0.4) is 0 Å². The largest absolute Gasteiger partial charge is 0.493 e. The van der Waals surface area contributed by atoms with E-state index in [0.29, 0.717) is 13.2 Å². The van der Waals surface area contributed by atoms with Gasteiger partial charge in [0.25, 0.3) is 0 Å². The first-order chi connectivity index (χ1) is 4.41. The van der Waals surface area contributed by atoms with Gasteiger partial charge in [0.2, 0.25) is 0 Å². The molecule has 0 aliphatic carbocycles. The van der Waals surface area contributed by atoms with Gasteiger partial charge in [-0.05, 0) is 19.6 Å². The van der Waals surface area contributed by atoms with Crippen LogP contribution >= 0.6 is 0 Å². The highest BCUT2D eigenvalue weighted by atomic mass is 16.5. The molecule has 0 aliphatic rings. The summed E-state index contributed by atoms with van der Waals surface area (Å²) in [6, 6.07) is 0. The van der Waals surface area contributed by atoms with Crippen LogP contribution < -0.4 is 0 Å². The van der Waals surface area contributed by atoms with Gasteiger partial charge in [0.05, 0.1) is 13.2 Å². The number of hydrogen-bond acceptors (Lipinski definition) is 2. The molecule has 0 fully saturated rings. The summed E-state index contributed by atoms with van der Waals surface area (Å²) in [5.74, 6) is 0. The van der Waals surface area contributed by atoms with Crippen LogP contribution in [0, 0.1) is 0 Å². The summed E-state index contributed by atoms with van der Waals surface area (Å²) >= 11 is 0. The van der Waals surface area contributed by atoms with Crippen LogP contribution in [0.15, 0.2) is 18.3 Å². The zero-order chi connectivity index (χ0) is 6.95. The van der Waals surface area contributed by atoms with Crippen molar-refractivity contribution in [3.05, 3.63) is 18.3 Å². The van der Waals surface area contributed by atoms with Gasteiger partial charge in [-0.15, -0.1) is 0 Å². The third-order valence-corrected chi connectivity index (χ3v) is 0.636. The van der Waals surface area contributed by atoms with E-state index < -0.39 is 0 Å². The fourth-order valence-electron chi connectivity index (χ4n) is 0.291. The van der Waals surface area contributed by atoms with Gasteiger partial charge in [-0.1, -0.05) is 0 Å². The lowest BCUT2D eigenvalue weighted by Crippen LogP contribution is -1.76. The molecule has 0 spiro atoms. The second kappa shape index (κ2) is 7.12. The topological polar surface area (TPSA) is 18.5 Å². The van der Waals surface area contributed by atoms with Gasteiger partial charge in [-0.2, -0.15) is 0 Å². The van der Waals surface area contributed by atoms with Crippen LogP contribution in [0.2, 0.25) is 0 Å². The Balaban J connectivity index is 3.18. The smallest absolute Gasteiger partial charge is 0.128 e. The van der Waals surface area contributed by atoms with Crippen molar-refractivity contribution < 1.29 is 9.47 Å². The monoisotopic (exact) mass is 128 g/mol. The Labute approximate surface area is 55.8 Å². The molecule has 0 atom stereocenters. The molecule has 0 aliphatic heterocycles. The lowest BCUT2D eigenvalue weighted by Gasteiger charge is -1.88. The molecule has 9 heavy (non-hydrogen) atoms. The second-order valence-electron chi connectivity index (χ2n) is 1.31. The van der Waals surface area contributed by atoms with Crippen molar-refractivity contribution in [3.63, 3.8) is 0 Å². The van der Waals surface area contributed by atoms with Gasteiger partial charge in [-0.25, -0.2) is 0 Å². The molecule has 0 aromatic heterocycles. The van der Waals surface area contributed by atoms with E-state index in [0.717, 1.165) is 0 Å². The van der Waals surface area contributed by atoms with E-state index in [9.17, 15) is 0 Å². The zero-order valence-corrected chi connectivity index (χ0v) is 5.89. The average molecular weight is 128 g/mol. The Bertz CT molecular complexity index is 91.5. The molecule has 0 aromatic rings. The SMILES string of the molecule is CCOC=C=COCC. The molecule has 2 nitrogen and oxygen atoms in total. The van der Waals surface area contributed by atoms with Crippen LogP contribution in [-0.4, -0.2) is 13.2 Å². The Morgan fingerprint density at radius 1 is 1.11 bits per heavy atom. The summed E-state index contributed by atoms with van der Waals surface area (Å²) in [5.41, 5.74) is 2.69. The summed E-state index contributed by atoms with van der Waals surface area (Å²) in [7, 11) is 0. The predicted molar refractivity (Wildman–Crippen MR) is 35.9 cm³/mol. The summed E-state index contributed by atoms with van der Waals surface area (Å²) < 4.78 is 9.67. The van der Waals surface area contributed by atoms with E-state index >= 15 is 0 Å². The van der Waals surface area contributed by atoms with Gasteiger partial charge >= 0.3 is 0 Å². The van der Waals surface area contributed by atoms with Gasteiger partial charge < -0.3 is 9.47 Å². The molecule has 0 N–H and O–H groups in total. The van der Waals surface area contributed by atoms with Crippen LogP contribution in [0.1, 0.15) is 13.8 Å². The Morgan fingerprint density at radius 2 is 1.56 bits per heavy atom. The van der Waals surface area contributed by atoms with Crippen molar-refractivity contribution in [1.82, 2.24) is 0 Å². The summed E-state index contributed by atoms with van der Waals surface area (Å²) in [6.07, 6.45) is 2.96. The minimum atomic E-state index is 0.674. The Morgan fingerprint density at radius 3 is 1.89 bits per heavy atom. The zero-order valence-electron chi connectivity index (χ0n) is 5.89. The first kappa shape index (κ1) is 8.12. The van der Waals surface area contributed by atoms with Crippen molar-refractivity contribution in [1.29, 1.82) is 0 Å². The molecule has 52 valence electrons. The van der Waals surface area contributed by atoms with Crippen molar-refractivity contribution in [2.24, 2.45) is 0 Å². The molecular weight excluding hydrogens is 116 g/mol. The van der Waals surface area contributed by atoms with Crippen molar-refractivity contribution in [2.45, 2.75) is 13.8 Å². The van der Waals surface area contributed by atoms with Crippen LogP contribution in [0.4, 0.5) is 0 Å². The van der Waals surface area contributed by atoms with Gasteiger partial charge in [0.1, 0.15) is 12.5 Å². The highest BCUT2D eigenvalue weighted by Gasteiger charge is 1.65. The molecule has 0 unspecified atom stereocenters. The molecule has 0 rings (SSSR count). The molecule has 0 radical (unpaired) electrons. The molecule has 0 bridgehead atoms. The van der Waals surface area contributed by atoms with Crippen molar-refractivity contribution >= 4 is 0 Å². The lowest BCUT2D eigenvalue weighted by molar-refractivity contribution is 0.259. The fraction of sp³-hybridized carbons (Fsp3) is 0.571. The number of rotatable bonds is 4. The lowest BCUT2D eigenvalue weighted by atomic mass is 10.8. The van der Waals surface area contributed by atoms with Crippen LogP contribution in [-0.2, 0) is 9.47 Å². The minimum absolute atomic E-state index is 0.674. The first-order valence-corrected chi connectivity index (χ1v) is 3.04. The first-order valence-electron chi connectivity index (χ1n) is 3.04. The maximum Gasteiger partial charge on any atom is 0.128 e. The molecule has 2 heteroatoms. The van der Waals surface area contributed by atoms with Crippen LogP contribution in [0.5, 0.6) is 0 Å². The third-order valence-electron chi connectivity index (χ3n) is 0.636. The maximum atomic E-state index is 4.83. The van der Waals surface area contributed by atoms with Gasteiger partial charge in [0, 0.05) is 0 Å². The summed E-state index contributed by atoms with van der Waals surface area (Å²) in [5, 5.41) is 0. The van der Waals surface area contributed by atoms with Gasteiger partial charge in [0.15, 0.2) is 0 Å². The van der Waals surface area contributed by atoms with E-state index in [1.54, 1.807) is 0 Å². The predicted octanol–water partition coefficient (Wildman–Crippen LogP) is 1.69. The summed E-state index contributed by atoms with van der Waals surface area (Å²) in [6.45, 7) is 5.18. The minimum Gasteiger partial charge on any atom is -0.493 e. The molecule has 0 saturated carbocycles. The highest BCUT2D eigenvalue weighted by Crippen LogP contribution is 1.75. The van der Waals surface area contributed by atoms with E-state index in [-0.39, 0.29) is 0 Å². The van der Waals surface area contributed by atoms with E-state index in [1.165, 1.54) is 12.5 Å². The number of ether oxygens (including phenoxy) is 2. The standard InChI is InChI=1S/C7H12O2/c1-3-8-6-5-7-9-4-2/h6-7H,3-4H2,1-2H3. The molecule has 0 heterocycles. The molecule has 0 amide bonds. The maximum absolute atomic E-state index is 4.83. The molecular formula is C7H12O2. The Hall–Kier alpha value is -0.880. The van der Waals surface area contributed by atoms with Crippen LogP contribution in [0.25, 0.3) is 0 Å². The van der Waals surface area contributed by atoms with Gasteiger partial charge in [-0.3, -0.25) is 0 Å². The third kappa shape index (κ3) is 7.12. The summed E-state index contributed by atoms with van der Waals surface area (Å²) in [4.78, 5) is 0. The van der Waals surface area contributed by atoms with E-state index in [1.807, 2.05) is 13.8 Å². The average Bonchev–Trinajstić information content (AvgIpc) is 1.89. The second-order valence-corrected chi connectivity index (χ2v) is 1.31. The highest BCUT2D eigenvalue weighted by molar-refractivity contribution is 4.70. The van der Waals surface area contributed by atoms with Crippen molar-refractivity contribution in [3.8, 4) is 0 Å². The molecule has 0 aromatic carbocycles. The Kier molecular flexibility index (Phi) is 6.42. The molecule has 0 saturated heterocycles. The quantitative estimate of drug-likeness (QED) is 0.423. The fourth-order valence-corrected chi connectivity index (χ4v) is 0.291. The van der Waals surface area contributed by atoms with E-state index in [4.69, 9.17) is 9.47 Å². The van der Waals surface area contributed by atoms with E-state index in [2.05, 4.69) is 5.73 Å². The van der Waals surface area contributed by atoms with Crippen molar-refractivity contribution in [2.75, 3.05) is 13.2 Å². The normalized spacial score (nSPS) is 7.33.